The lowest BCUT2D eigenvalue weighted by molar-refractivity contribution is -0.114. The molecule has 0 aliphatic carbocycles. The van der Waals surface area contributed by atoms with Crippen molar-refractivity contribution in [2.75, 3.05) is 17.2 Å². The molecule has 0 atom stereocenters. The van der Waals surface area contributed by atoms with Crippen molar-refractivity contribution in [2.45, 2.75) is 20.3 Å². The monoisotopic (exact) mass is 268 g/mol. The Bertz CT molecular complexity index is 593. The summed E-state index contributed by atoms with van der Waals surface area (Å²) in [5.41, 5.74) is 4.20. The first-order chi connectivity index (χ1) is 9.67. The van der Waals surface area contributed by atoms with E-state index in [0.29, 0.717) is 0 Å². The highest BCUT2D eigenvalue weighted by Gasteiger charge is 2.02. The van der Waals surface area contributed by atoms with Crippen molar-refractivity contribution in [1.29, 1.82) is 0 Å². The number of benzene rings is 2. The molecule has 0 aliphatic rings. The first-order valence-electron chi connectivity index (χ1n) is 6.86. The van der Waals surface area contributed by atoms with Gasteiger partial charge in [-0.2, -0.15) is 0 Å². The maximum absolute atomic E-state index is 11.9. The molecule has 2 N–H and O–H groups in total. The SMILES string of the molecule is CCc1cccc(NC(=O)CNc2cccc(C)c2)c1. The minimum atomic E-state index is -0.0419. The lowest BCUT2D eigenvalue weighted by Crippen LogP contribution is -2.21. The number of anilines is 2. The number of aryl methyl sites for hydroxylation is 2. The minimum Gasteiger partial charge on any atom is -0.376 e. The summed E-state index contributed by atoms with van der Waals surface area (Å²) in [6.45, 7) is 4.39. The first-order valence-corrected chi connectivity index (χ1v) is 6.86. The summed E-state index contributed by atoms with van der Waals surface area (Å²) < 4.78 is 0. The molecular formula is C17H20N2O. The number of hydrogen-bond donors (Lipinski definition) is 2. The van der Waals surface area contributed by atoms with Gasteiger partial charge in [-0.3, -0.25) is 4.79 Å². The topological polar surface area (TPSA) is 41.1 Å². The van der Waals surface area contributed by atoms with E-state index >= 15 is 0 Å². The van der Waals surface area contributed by atoms with Gasteiger partial charge in [0.2, 0.25) is 5.91 Å². The van der Waals surface area contributed by atoms with Crippen LogP contribution in [-0.2, 0) is 11.2 Å². The van der Waals surface area contributed by atoms with Gasteiger partial charge in [-0.05, 0) is 48.7 Å². The van der Waals surface area contributed by atoms with Gasteiger partial charge in [-0.25, -0.2) is 0 Å². The third-order valence-electron chi connectivity index (χ3n) is 3.09. The fraction of sp³-hybridized carbons (Fsp3) is 0.235. The Hall–Kier alpha value is -2.29. The summed E-state index contributed by atoms with van der Waals surface area (Å²) in [6, 6.07) is 15.9. The number of carbonyl (C=O) groups excluding carboxylic acids is 1. The summed E-state index contributed by atoms with van der Waals surface area (Å²) in [4.78, 5) is 11.9. The highest BCUT2D eigenvalue weighted by molar-refractivity contribution is 5.93. The van der Waals surface area contributed by atoms with Gasteiger partial charge in [0.25, 0.3) is 0 Å². The Kier molecular flexibility index (Phi) is 4.77. The van der Waals surface area contributed by atoms with Crippen LogP contribution in [-0.4, -0.2) is 12.5 Å². The second kappa shape index (κ2) is 6.75. The van der Waals surface area contributed by atoms with Gasteiger partial charge in [0.1, 0.15) is 0 Å². The van der Waals surface area contributed by atoms with Crippen molar-refractivity contribution in [2.24, 2.45) is 0 Å². The van der Waals surface area contributed by atoms with Gasteiger partial charge in [-0.15, -0.1) is 0 Å². The molecule has 0 aliphatic heterocycles. The zero-order valence-electron chi connectivity index (χ0n) is 11.9. The minimum absolute atomic E-state index is 0.0419. The van der Waals surface area contributed by atoms with Crippen LogP contribution in [0.5, 0.6) is 0 Å². The standard InChI is InChI=1S/C17H20N2O/c1-3-14-7-5-9-16(11-14)19-17(20)12-18-15-8-4-6-13(2)10-15/h4-11,18H,3,12H2,1-2H3,(H,19,20). The summed E-state index contributed by atoms with van der Waals surface area (Å²) in [7, 11) is 0. The molecule has 2 aromatic carbocycles. The fourth-order valence-electron chi connectivity index (χ4n) is 2.01. The van der Waals surface area contributed by atoms with Crippen molar-refractivity contribution >= 4 is 17.3 Å². The van der Waals surface area contributed by atoms with Crippen molar-refractivity contribution in [1.82, 2.24) is 0 Å². The third kappa shape index (κ3) is 4.12. The second-order valence-electron chi connectivity index (χ2n) is 4.83. The molecule has 2 aromatic rings. The van der Waals surface area contributed by atoms with Crippen LogP contribution in [0.25, 0.3) is 0 Å². The Morgan fingerprint density at radius 2 is 1.80 bits per heavy atom. The van der Waals surface area contributed by atoms with E-state index in [2.05, 4.69) is 23.6 Å². The highest BCUT2D eigenvalue weighted by Crippen LogP contribution is 2.12. The van der Waals surface area contributed by atoms with Crippen LogP contribution in [0.4, 0.5) is 11.4 Å². The number of nitrogens with one attached hydrogen (secondary N) is 2. The van der Waals surface area contributed by atoms with Crippen molar-refractivity contribution < 1.29 is 4.79 Å². The van der Waals surface area contributed by atoms with Crippen molar-refractivity contribution in [3.8, 4) is 0 Å². The van der Waals surface area contributed by atoms with Crippen molar-refractivity contribution in [3.63, 3.8) is 0 Å². The quantitative estimate of drug-likeness (QED) is 0.869. The molecule has 0 aromatic heterocycles. The molecule has 0 saturated carbocycles. The molecule has 0 radical (unpaired) electrons. The van der Waals surface area contributed by atoms with Gasteiger partial charge in [-0.1, -0.05) is 31.2 Å². The third-order valence-corrected chi connectivity index (χ3v) is 3.09. The Labute approximate surface area is 120 Å². The highest BCUT2D eigenvalue weighted by atomic mass is 16.1. The van der Waals surface area contributed by atoms with Gasteiger partial charge >= 0.3 is 0 Å². The van der Waals surface area contributed by atoms with E-state index in [0.717, 1.165) is 17.8 Å². The van der Waals surface area contributed by atoms with Gasteiger partial charge in [0, 0.05) is 11.4 Å². The molecule has 3 nitrogen and oxygen atoms in total. The maximum Gasteiger partial charge on any atom is 0.243 e. The van der Waals surface area contributed by atoms with E-state index in [1.807, 2.05) is 49.4 Å². The Balaban J connectivity index is 1.89. The summed E-state index contributed by atoms with van der Waals surface area (Å²) >= 11 is 0. The molecule has 0 bridgehead atoms. The zero-order valence-corrected chi connectivity index (χ0v) is 11.9. The van der Waals surface area contributed by atoms with Gasteiger partial charge in [0.05, 0.1) is 6.54 Å². The van der Waals surface area contributed by atoms with Crippen LogP contribution >= 0.6 is 0 Å². The average molecular weight is 268 g/mol. The molecule has 0 saturated heterocycles. The molecule has 2 rings (SSSR count). The fourth-order valence-corrected chi connectivity index (χ4v) is 2.01. The van der Waals surface area contributed by atoms with E-state index in [1.54, 1.807) is 0 Å². The van der Waals surface area contributed by atoms with E-state index in [4.69, 9.17) is 0 Å². The average Bonchev–Trinajstić information content (AvgIpc) is 2.45. The molecule has 0 fully saturated rings. The molecule has 0 heterocycles. The number of amides is 1. The van der Waals surface area contributed by atoms with Crippen molar-refractivity contribution in [3.05, 3.63) is 59.7 Å². The predicted molar refractivity (Wildman–Crippen MR) is 84.1 cm³/mol. The lowest BCUT2D eigenvalue weighted by Gasteiger charge is -2.09. The molecule has 0 unspecified atom stereocenters. The maximum atomic E-state index is 11.9. The van der Waals surface area contributed by atoms with Crippen LogP contribution in [0.1, 0.15) is 18.1 Å². The molecule has 20 heavy (non-hydrogen) atoms. The smallest absolute Gasteiger partial charge is 0.243 e. The van der Waals surface area contributed by atoms with E-state index in [9.17, 15) is 4.79 Å². The second-order valence-corrected chi connectivity index (χ2v) is 4.83. The predicted octanol–water partition coefficient (Wildman–Crippen LogP) is 3.61. The largest absolute Gasteiger partial charge is 0.376 e. The van der Waals surface area contributed by atoms with E-state index in [1.165, 1.54) is 11.1 Å². The van der Waals surface area contributed by atoms with E-state index in [-0.39, 0.29) is 12.5 Å². The van der Waals surface area contributed by atoms with Gasteiger partial charge in [0.15, 0.2) is 0 Å². The lowest BCUT2D eigenvalue weighted by atomic mass is 10.1. The van der Waals surface area contributed by atoms with Crippen LogP contribution in [0.15, 0.2) is 48.5 Å². The molecule has 0 spiro atoms. The number of hydrogen-bond acceptors (Lipinski definition) is 2. The summed E-state index contributed by atoms with van der Waals surface area (Å²) in [6.07, 6.45) is 0.964. The van der Waals surface area contributed by atoms with E-state index < -0.39 is 0 Å². The normalized spacial score (nSPS) is 10.1. The number of rotatable bonds is 5. The van der Waals surface area contributed by atoms with Crippen LogP contribution < -0.4 is 10.6 Å². The zero-order chi connectivity index (χ0) is 14.4. The number of carbonyl (C=O) groups is 1. The van der Waals surface area contributed by atoms with Gasteiger partial charge < -0.3 is 10.6 Å². The molecular weight excluding hydrogens is 248 g/mol. The summed E-state index contributed by atoms with van der Waals surface area (Å²) in [5, 5.41) is 6.02. The Morgan fingerprint density at radius 3 is 2.55 bits per heavy atom. The van der Waals surface area contributed by atoms with Crippen LogP contribution in [0.2, 0.25) is 0 Å². The molecule has 104 valence electrons. The van der Waals surface area contributed by atoms with Crippen LogP contribution in [0, 0.1) is 6.92 Å². The Morgan fingerprint density at radius 1 is 1.05 bits per heavy atom. The first kappa shape index (κ1) is 14.1. The van der Waals surface area contributed by atoms with Crippen LogP contribution in [0.3, 0.4) is 0 Å². The summed E-state index contributed by atoms with van der Waals surface area (Å²) in [5.74, 6) is -0.0419. The molecule has 1 amide bonds. The molecule has 3 heteroatoms.